The first-order valence-corrected chi connectivity index (χ1v) is 14.8. The number of aryl methyl sites for hydroxylation is 1. The van der Waals surface area contributed by atoms with Crippen molar-refractivity contribution in [3.63, 3.8) is 0 Å². The Morgan fingerprint density at radius 1 is 0.814 bits per heavy atom. The number of aliphatic carboxylic acids is 1. The van der Waals surface area contributed by atoms with Gasteiger partial charge in [-0.3, -0.25) is 9.59 Å². The number of ether oxygens (including phenoxy) is 3. The predicted octanol–water partition coefficient (Wildman–Crippen LogP) is 5.76. The lowest BCUT2D eigenvalue weighted by molar-refractivity contribution is -0.143. The fraction of sp³-hybridized carbons (Fsp3) is 0.382. The van der Waals surface area contributed by atoms with Crippen LogP contribution in [0.1, 0.15) is 70.4 Å². The van der Waals surface area contributed by atoms with E-state index in [-0.39, 0.29) is 17.2 Å². The molecule has 0 saturated heterocycles. The van der Waals surface area contributed by atoms with Crippen LogP contribution in [0.2, 0.25) is 0 Å². The molecule has 0 spiro atoms. The van der Waals surface area contributed by atoms with Gasteiger partial charge in [-0.15, -0.1) is 0 Å². The monoisotopic (exact) mass is 589 g/mol. The van der Waals surface area contributed by atoms with E-state index in [1.165, 1.54) is 18.2 Å². The van der Waals surface area contributed by atoms with Crippen molar-refractivity contribution in [3.05, 3.63) is 95.1 Å². The van der Waals surface area contributed by atoms with Crippen LogP contribution in [0.5, 0.6) is 11.5 Å². The molecular weight excluding hydrogens is 550 g/mol. The molecule has 0 aromatic heterocycles. The summed E-state index contributed by atoms with van der Waals surface area (Å²) in [5.41, 5.74) is 2.38. The third kappa shape index (κ3) is 10.1. The Morgan fingerprint density at radius 3 is 2.33 bits per heavy atom. The molecule has 3 aromatic carbocycles. The van der Waals surface area contributed by atoms with Crippen molar-refractivity contribution in [2.24, 2.45) is 5.92 Å². The van der Waals surface area contributed by atoms with Gasteiger partial charge < -0.3 is 29.7 Å². The molecule has 228 valence electrons. The van der Waals surface area contributed by atoms with E-state index in [2.05, 4.69) is 5.32 Å². The van der Waals surface area contributed by atoms with Crippen LogP contribution in [0, 0.1) is 5.92 Å². The van der Waals surface area contributed by atoms with Crippen LogP contribution in [0.3, 0.4) is 0 Å². The van der Waals surface area contributed by atoms with Crippen LogP contribution in [0.25, 0.3) is 0 Å². The van der Waals surface area contributed by atoms with Gasteiger partial charge in [-0.2, -0.15) is 0 Å². The Bertz CT molecular complexity index is 1340. The van der Waals surface area contributed by atoms with Crippen LogP contribution in [0.15, 0.2) is 72.8 Å². The highest BCUT2D eigenvalue weighted by molar-refractivity contribution is 6.00. The first-order chi connectivity index (χ1) is 20.9. The topological polar surface area (TPSA) is 131 Å². The van der Waals surface area contributed by atoms with Gasteiger partial charge in [0.25, 0.3) is 5.91 Å². The summed E-state index contributed by atoms with van der Waals surface area (Å²) in [6, 6.07) is 21.9. The van der Waals surface area contributed by atoms with Gasteiger partial charge in [0.05, 0.1) is 43.5 Å². The third-order valence-electron chi connectivity index (χ3n) is 7.43. The molecule has 3 N–H and O–H groups in total. The minimum Gasteiger partial charge on any atom is -0.494 e. The Morgan fingerprint density at radius 2 is 1.58 bits per heavy atom. The molecule has 0 aliphatic heterocycles. The van der Waals surface area contributed by atoms with E-state index in [9.17, 15) is 24.6 Å². The Labute approximate surface area is 251 Å². The zero-order valence-corrected chi connectivity index (χ0v) is 24.2. The minimum absolute atomic E-state index is 0.0217. The molecule has 9 nitrogen and oxygen atoms in total. The summed E-state index contributed by atoms with van der Waals surface area (Å²) >= 11 is 0. The number of hydrogen-bond donors (Lipinski definition) is 3. The maximum absolute atomic E-state index is 13.1. The standard InChI is InChI=1S/C34H39NO8/c36-32(35-28-11-4-10-26(21-28)33(37)38)30-22-27(34(39)40)14-17-31(30)43-19-5-9-24-12-15-29(16-13-24)42-20-6-18-41-23-25-7-2-1-3-8-25/h1-3,7-8,12-17,22,26,28H,4-6,9-11,18-21,23H2,(H,35,36)(H,37,38)(H,39,40). The predicted molar refractivity (Wildman–Crippen MR) is 161 cm³/mol. The molecule has 4 rings (SSSR count). The number of amides is 1. The first-order valence-electron chi connectivity index (χ1n) is 14.8. The number of carboxylic acid groups (broad SMARTS) is 2. The van der Waals surface area contributed by atoms with E-state index in [0.717, 1.165) is 29.7 Å². The molecule has 2 unspecified atom stereocenters. The Hall–Kier alpha value is -4.37. The van der Waals surface area contributed by atoms with Crippen LogP contribution < -0.4 is 14.8 Å². The van der Waals surface area contributed by atoms with Gasteiger partial charge >= 0.3 is 11.9 Å². The summed E-state index contributed by atoms with van der Waals surface area (Å²) in [6.07, 6.45) is 4.55. The SMILES string of the molecule is O=C(O)c1ccc(OCCCc2ccc(OCCCOCc3ccccc3)cc2)c(C(=O)NC2CCCC(C(=O)O)C2)c1. The van der Waals surface area contributed by atoms with Gasteiger partial charge in [0.1, 0.15) is 11.5 Å². The lowest BCUT2D eigenvalue weighted by Gasteiger charge is -2.27. The quantitative estimate of drug-likeness (QED) is 0.180. The normalized spacial score (nSPS) is 16.3. The zero-order chi connectivity index (χ0) is 30.4. The summed E-state index contributed by atoms with van der Waals surface area (Å²) in [4.78, 5) is 36.0. The van der Waals surface area contributed by atoms with E-state index in [1.807, 2.05) is 54.6 Å². The zero-order valence-electron chi connectivity index (χ0n) is 24.2. The number of carbonyl (C=O) groups is 3. The lowest BCUT2D eigenvalue weighted by Crippen LogP contribution is -2.40. The van der Waals surface area contributed by atoms with E-state index in [0.29, 0.717) is 64.3 Å². The van der Waals surface area contributed by atoms with Gasteiger partial charge in [0.2, 0.25) is 0 Å². The van der Waals surface area contributed by atoms with Crippen LogP contribution >= 0.6 is 0 Å². The Kier molecular flexibility index (Phi) is 12.0. The van der Waals surface area contributed by atoms with Gasteiger partial charge in [-0.25, -0.2) is 4.79 Å². The summed E-state index contributed by atoms with van der Waals surface area (Å²) < 4.78 is 17.4. The maximum Gasteiger partial charge on any atom is 0.335 e. The molecule has 1 fully saturated rings. The van der Waals surface area contributed by atoms with Crippen LogP contribution in [0.4, 0.5) is 0 Å². The molecule has 0 radical (unpaired) electrons. The van der Waals surface area contributed by atoms with Crippen molar-refractivity contribution >= 4 is 17.8 Å². The summed E-state index contributed by atoms with van der Waals surface area (Å²) in [6.45, 7) is 2.12. The van der Waals surface area contributed by atoms with Crippen molar-refractivity contribution in [3.8, 4) is 11.5 Å². The highest BCUT2D eigenvalue weighted by atomic mass is 16.5. The van der Waals surface area contributed by atoms with Gasteiger partial charge in [-0.05, 0) is 73.6 Å². The molecule has 3 aromatic rings. The molecule has 1 amide bonds. The largest absolute Gasteiger partial charge is 0.494 e. The van der Waals surface area contributed by atoms with E-state index >= 15 is 0 Å². The van der Waals surface area contributed by atoms with Gasteiger partial charge in [0.15, 0.2) is 0 Å². The van der Waals surface area contributed by atoms with Crippen LogP contribution in [-0.2, 0) is 22.6 Å². The highest BCUT2D eigenvalue weighted by Crippen LogP contribution is 2.26. The second kappa shape index (κ2) is 16.3. The van der Waals surface area contributed by atoms with Gasteiger partial charge in [0, 0.05) is 12.5 Å². The smallest absolute Gasteiger partial charge is 0.335 e. The minimum atomic E-state index is -1.15. The molecule has 1 saturated carbocycles. The van der Waals surface area contributed by atoms with Crippen molar-refractivity contribution in [2.45, 2.75) is 57.6 Å². The number of carboxylic acids is 2. The summed E-state index contributed by atoms with van der Waals surface area (Å²) in [5.74, 6) is -1.88. The summed E-state index contributed by atoms with van der Waals surface area (Å²) in [5, 5.41) is 21.7. The fourth-order valence-corrected chi connectivity index (χ4v) is 5.10. The van der Waals surface area contributed by atoms with Gasteiger partial charge in [-0.1, -0.05) is 48.9 Å². The van der Waals surface area contributed by atoms with Crippen molar-refractivity contribution < 1.29 is 38.8 Å². The van der Waals surface area contributed by atoms with Crippen molar-refractivity contribution in [2.75, 3.05) is 19.8 Å². The molecule has 1 aliphatic rings. The lowest BCUT2D eigenvalue weighted by atomic mass is 9.85. The second-order valence-corrected chi connectivity index (χ2v) is 10.7. The number of nitrogens with one attached hydrogen (secondary N) is 1. The van der Waals surface area contributed by atoms with E-state index < -0.39 is 23.8 Å². The number of carbonyl (C=O) groups excluding carboxylic acids is 1. The van der Waals surface area contributed by atoms with Crippen molar-refractivity contribution in [1.29, 1.82) is 0 Å². The number of hydrogen-bond acceptors (Lipinski definition) is 6. The van der Waals surface area contributed by atoms with Crippen molar-refractivity contribution in [1.82, 2.24) is 5.32 Å². The third-order valence-corrected chi connectivity index (χ3v) is 7.43. The molecule has 2 atom stereocenters. The van der Waals surface area contributed by atoms with E-state index in [1.54, 1.807) is 0 Å². The fourth-order valence-electron chi connectivity index (χ4n) is 5.10. The Balaban J connectivity index is 1.20. The van der Waals surface area contributed by atoms with E-state index in [4.69, 9.17) is 14.2 Å². The molecule has 9 heteroatoms. The maximum atomic E-state index is 13.1. The highest BCUT2D eigenvalue weighted by Gasteiger charge is 2.29. The first kappa shape index (κ1) is 31.6. The molecular formula is C34H39NO8. The molecule has 43 heavy (non-hydrogen) atoms. The number of benzene rings is 3. The number of rotatable bonds is 16. The molecule has 1 aliphatic carbocycles. The average molecular weight is 590 g/mol. The second-order valence-electron chi connectivity index (χ2n) is 10.7. The van der Waals surface area contributed by atoms with Crippen LogP contribution in [-0.4, -0.2) is 53.9 Å². The average Bonchev–Trinajstić information content (AvgIpc) is 3.02. The summed E-state index contributed by atoms with van der Waals surface area (Å²) in [7, 11) is 0. The molecule has 0 bridgehead atoms. The molecule has 0 heterocycles. The number of aromatic carboxylic acids is 1.